The number of aliphatic carboxylic acids is 1. The summed E-state index contributed by atoms with van der Waals surface area (Å²) in [6.07, 6.45) is 7.12. The van der Waals surface area contributed by atoms with E-state index in [0.717, 1.165) is 32.5 Å². The van der Waals surface area contributed by atoms with Gasteiger partial charge in [0, 0.05) is 12.6 Å². The van der Waals surface area contributed by atoms with Gasteiger partial charge in [0.2, 0.25) is 5.91 Å². The lowest BCUT2D eigenvalue weighted by Gasteiger charge is -2.45. The molecule has 1 amide bonds. The Labute approximate surface area is 119 Å². The van der Waals surface area contributed by atoms with Gasteiger partial charge in [-0.05, 0) is 44.7 Å². The van der Waals surface area contributed by atoms with Crippen molar-refractivity contribution < 1.29 is 14.7 Å². The summed E-state index contributed by atoms with van der Waals surface area (Å²) < 4.78 is 0. The molecule has 0 saturated carbocycles. The van der Waals surface area contributed by atoms with Gasteiger partial charge in [0.15, 0.2) is 0 Å². The number of hydrogen-bond acceptors (Lipinski definition) is 3. The molecule has 0 aromatic rings. The fraction of sp³-hybridized carbons (Fsp3) is 0.733. The third-order valence-electron chi connectivity index (χ3n) is 5.07. The SMILES string of the molecule is O=C(O)C1CC=CCC1C(=O)NC1CN2CCC1CC2. The highest BCUT2D eigenvalue weighted by Crippen LogP contribution is 2.30. The molecule has 0 aromatic carbocycles. The van der Waals surface area contributed by atoms with E-state index in [0.29, 0.717) is 18.8 Å². The number of carboxylic acids is 1. The fourth-order valence-electron chi connectivity index (χ4n) is 3.80. The third kappa shape index (κ3) is 2.59. The van der Waals surface area contributed by atoms with Crippen LogP contribution in [0.2, 0.25) is 0 Å². The van der Waals surface area contributed by atoms with E-state index in [4.69, 9.17) is 0 Å². The Morgan fingerprint density at radius 2 is 1.75 bits per heavy atom. The van der Waals surface area contributed by atoms with Gasteiger partial charge < -0.3 is 15.3 Å². The Morgan fingerprint density at radius 1 is 1.10 bits per heavy atom. The molecule has 3 fully saturated rings. The van der Waals surface area contributed by atoms with Crippen molar-refractivity contribution in [2.45, 2.75) is 31.7 Å². The fourth-order valence-corrected chi connectivity index (χ4v) is 3.80. The van der Waals surface area contributed by atoms with E-state index in [2.05, 4.69) is 10.2 Å². The molecule has 4 aliphatic rings. The lowest BCUT2D eigenvalue weighted by atomic mass is 9.80. The molecule has 5 nitrogen and oxygen atoms in total. The maximum atomic E-state index is 12.4. The van der Waals surface area contributed by atoms with Crippen LogP contribution in [-0.4, -0.2) is 47.6 Å². The van der Waals surface area contributed by atoms with Gasteiger partial charge in [0.1, 0.15) is 0 Å². The van der Waals surface area contributed by atoms with Crippen LogP contribution in [0.25, 0.3) is 0 Å². The Morgan fingerprint density at radius 3 is 2.30 bits per heavy atom. The van der Waals surface area contributed by atoms with E-state index in [1.54, 1.807) is 0 Å². The van der Waals surface area contributed by atoms with Gasteiger partial charge in [-0.15, -0.1) is 0 Å². The maximum Gasteiger partial charge on any atom is 0.307 e. The first-order valence-corrected chi connectivity index (χ1v) is 7.55. The van der Waals surface area contributed by atoms with Gasteiger partial charge in [-0.25, -0.2) is 0 Å². The minimum atomic E-state index is -0.858. The number of allylic oxidation sites excluding steroid dienone is 2. The van der Waals surface area contributed by atoms with Gasteiger partial charge in [-0.2, -0.15) is 0 Å². The molecular formula is C15H22N2O3. The number of carboxylic acid groups (broad SMARTS) is 1. The van der Waals surface area contributed by atoms with Crippen LogP contribution in [0.1, 0.15) is 25.7 Å². The van der Waals surface area contributed by atoms with Gasteiger partial charge in [-0.3, -0.25) is 9.59 Å². The van der Waals surface area contributed by atoms with Crippen molar-refractivity contribution in [3.05, 3.63) is 12.2 Å². The van der Waals surface area contributed by atoms with Gasteiger partial charge in [0.25, 0.3) is 0 Å². The molecule has 4 rings (SSSR count). The molecule has 3 unspecified atom stereocenters. The van der Waals surface area contributed by atoms with E-state index in [1.165, 1.54) is 0 Å². The summed E-state index contributed by atoms with van der Waals surface area (Å²) in [6.45, 7) is 3.21. The number of carbonyl (C=O) groups excluding carboxylic acids is 1. The number of nitrogens with zero attached hydrogens (tertiary/aromatic N) is 1. The lowest BCUT2D eigenvalue weighted by molar-refractivity contribution is -0.147. The number of rotatable bonds is 3. The minimum absolute atomic E-state index is 0.0690. The summed E-state index contributed by atoms with van der Waals surface area (Å²) in [5.41, 5.74) is 0. The molecule has 5 heteroatoms. The number of carbonyl (C=O) groups is 2. The van der Waals surface area contributed by atoms with Crippen LogP contribution >= 0.6 is 0 Å². The van der Waals surface area contributed by atoms with Crippen molar-refractivity contribution in [1.82, 2.24) is 10.2 Å². The summed E-state index contributed by atoms with van der Waals surface area (Å²) in [5.74, 6) is -1.33. The average Bonchev–Trinajstić information content (AvgIpc) is 2.48. The molecule has 20 heavy (non-hydrogen) atoms. The van der Waals surface area contributed by atoms with E-state index in [9.17, 15) is 14.7 Å². The first kappa shape index (κ1) is 13.6. The van der Waals surface area contributed by atoms with Crippen LogP contribution in [0, 0.1) is 17.8 Å². The summed E-state index contributed by atoms with van der Waals surface area (Å²) in [7, 11) is 0. The van der Waals surface area contributed by atoms with Crippen molar-refractivity contribution in [3.63, 3.8) is 0 Å². The molecule has 0 spiro atoms. The highest BCUT2D eigenvalue weighted by atomic mass is 16.4. The largest absolute Gasteiger partial charge is 0.481 e. The lowest BCUT2D eigenvalue weighted by Crippen LogP contribution is -2.58. The van der Waals surface area contributed by atoms with Crippen LogP contribution < -0.4 is 5.32 Å². The van der Waals surface area contributed by atoms with Crippen LogP contribution in [0.4, 0.5) is 0 Å². The first-order chi connectivity index (χ1) is 9.65. The second-order valence-electron chi connectivity index (χ2n) is 6.25. The van der Waals surface area contributed by atoms with Gasteiger partial charge in [0.05, 0.1) is 11.8 Å². The summed E-state index contributed by atoms with van der Waals surface area (Å²) >= 11 is 0. The molecule has 3 atom stereocenters. The van der Waals surface area contributed by atoms with E-state index in [-0.39, 0.29) is 11.9 Å². The van der Waals surface area contributed by atoms with E-state index in [1.807, 2.05) is 12.2 Å². The maximum absolute atomic E-state index is 12.4. The third-order valence-corrected chi connectivity index (χ3v) is 5.07. The number of amides is 1. The molecule has 0 radical (unpaired) electrons. The molecular weight excluding hydrogens is 256 g/mol. The molecule has 110 valence electrons. The number of nitrogens with one attached hydrogen (secondary N) is 1. The number of fused-ring (bicyclic) bond motifs is 3. The zero-order chi connectivity index (χ0) is 14.1. The van der Waals surface area contributed by atoms with Crippen molar-refractivity contribution in [2.75, 3.05) is 19.6 Å². The minimum Gasteiger partial charge on any atom is -0.481 e. The monoisotopic (exact) mass is 278 g/mol. The molecule has 3 heterocycles. The number of piperidine rings is 3. The van der Waals surface area contributed by atoms with Gasteiger partial charge >= 0.3 is 5.97 Å². The highest BCUT2D eigenvalue weighted by Gasteiger charge is 2.38. The van der Waals surface area contributed by atoms with Crippen molar-refractivity contribution in [2.24, 2.45) is 17.8 Å². The van der Waals surface area contributed by atoms with Crippen LogP contribution in [0.5, 0.6) is 0 Å². The molecule has 3 aliphatic heterocycles. The Kier molecular flexibility index (Phi) is 3.78. The quantitative estimate of drug-likeness (QED) is 0.751. The Balaban J connectivity index is 1.63. The summed E-state index contributed by atoms with van der Waals surface area (Å²) in [5, 5.41) is 12.4. The molecule has 0 aromatic heterocycles. The van der Waals surface area contributed by atoms with Crippen molar-refractivity contribution in [3.8, 4) is 0 Å². The summed E-state index contributed by atoms with van der Waals surface area (Å²) in [4.78, 5) is 26.1. The van der Waals surface area contributed by atoms with Crippen molar-refractivity contribution >= 4 is 11.9 Å². The second-order valence-corrected chi connectivity index (χ2v) is 6.25. The van der Waals surface area contributed by atoms with Crippen LogP contribution in [0.3, 0.4) is 0 Å². The number of hydrogen-bond donors (Lipinski definition) is 2. The zero-order valence-electron chi connectivity index (χ0n) is 11.6. The average molecular weight is 278 g/mol. The molecule has 2 N–H and O–H groups in total. The standard InChI is InChI=1S/C15H22N2O3/c18-14(11-3-1-2-4-12(11)15(19)20)16-13-9-17-7-5-10(13)6-8-17/h1-2,10-13H,3-9H2,(H,16,18)(H,19,20). The van der Waals surface area contributed by atoms with Crippen molar-refractivity contribution in [1.29, 1.82) is 0 Å². The van der Waals surface area contributed by atoms with E-state index >= 15 is 0 Å². The molecule has 1 aliphatic carbocycles. The molecule has 2 bridgehead atoms. The Hall–Kier alpha value is -1.36. The zero-order valence-corrected chi connectivity index (χ0v) is 11.6. The normalized spacial score (nSPS) is 39.5. The predicted octanol–water partition coefficient (Wildman–Crippen LogP) is 0.864. The summed E-state index contributed by atoms with van der Waals surface area (Å²) in [6, 6.07) is 0.213. The second kappa shape index (κ2) is 5.56. The van der Waals surface area contributed by atoms with Gasteiger partial charge in [-0.1, -0.05) is 12.2 Å². The van der Waals surface area contributed by atoms with Crippen LogP contribution in [0.15, 0.2) is 12.2 Å². The topological polar surface area (TPSA) is 69.6 Å². The van der Waals surface area contributed by atoms with Crippen LogP contribution in [-0.2, 0) is 9.59 Å². The first-order valence-electron chi connectivity index (χ1n) is 7.55. The smallest absolute Gasteiger partial charge is 0.307 e. The highest BCUT2D eigenvalue weighted by molar-refractivity contribution is 5.85. The Bertz CT molecular complexity index is 427. The van der Waals surface area contributed by atoms with E-state index < -0.39 is 17.8 Å². The predicted molar refractivity (Wildman–Crippen MR) is 74.1 cm³/mol. The molecule has 3 saturated heterocycles.